The molecule has 2 heterocycles. The predicted octanol–water partition coefficient (Wildman–Crippen LogP) is 3.78. The van der Waals surface area contributed by atoms with Crippen molar-refractivity contribution in [3.8, 4) is 17.0 Å². The van der Waals surface area contributed by atoms with Gasteiger partial charge >= 0.3 is 6.36 Å². The number of aromatic nitrogens is 2. The first-order chi connectivity index (χ1) is 15.2. The zero-order valence-corrected chi connectivity index (χ0v) is 17.7. The molecule has 1 aromatic carbocycles. The Labute approximate surface area is 185 Å². The molecule has 0 aliphatic carbocycles. The van der Waals surface area contributed by atoms with Crippen LogP contribution in [0.15, 0.2) is 59.2 Å². The number of ether oxygens (including phenoxy) is 1. The molecule has 3 rings (SSSR count). The van der Waals surface area contributed by atoms with Gasteiger partial charge in [-0.1, -0.05) is 0 Å². The molecule has 168 valence electrons. The van der Waals surface area contributed by atoms with Gasteiger partial charge in [-0.05, 0) is 48.4 Å². The van der Waals surface area contributed by atoms with E-state index >= 15 is 0 Å². The van der Waals surface area contributed by atoms with Gasteiger partial charge in [-0.2, -0.15) is 4.99 Å². The molecule has 11 heteroatoms. The van der Waals surface area contributed by atoms with Gasteiger partial charge in [0.05, 0.1) is 5.69 Å². The lowest BCUT2D eigenvalue weighted by Crippen LogP contribution is -2.24. The SMILES string of the molecule is CC(=O)NCCCn1c(-c2ccc(OC(F)(F)F)cc2)cs/c1=N\C(=O)c1ccncc1. The van der Waals surface area contributed by atoms with Crippen molar-refractivity contribution in [3.63, 3.8) is 0 Å². The normalized spacial score (nSPS) is 11.9. The Morgan fingerprint density at radius 1 is 1.16 bits per heavy atom. The summed E-state index contributed by atoms with van der Waals surface area (Å²) in [7, 11) is 0. The van der Waals surface area contributed by atoms with Gasteiger partial charge in [-0.25, -0.2) is 0 Å². The molecule has 0 fully saturated rings. The third-order valence-electron chi connectivity index (χ3n) is 4.24. The number of benzene rings is 1. The molecule has 2 amide bonds. The molecule has 7 nitrogen and oxygen atoms in total. The smallest absolute Gasteiger partial charge is 0.406 e. The zero-order valence-electron chi connectivity index (χ0n) is 16.9. The largest absolute Gasteiger partial charge is 0.573 e. The van der Waals surface area contributed by atoms with E-state index < -0.39 is 12.3 Å². The van der Waals surface area contributed by atoms with E-state index in [4.69, 9.17) is 0 Å². The van der Waals surface area contributed by atoms with Crippen LogP contribution in [0.3, 0.4) is 0 Å². The van der Waals surface area contributed by atoms with Crippen LogP contribution in [0, 0.1) is 0 Å². The molecule has 32 heavy (non-hydrogen) atoms. The van der Waals surface area contributed by atoms with Crippen molar-refractivity contribution in [3.05, 3.63) is 64.5 Å². The number of pyridine rings is 1. The number of halogens is 3. The zero-order chi connectivity index (χ0) is 23.1. The Balaban J connectivity index is 1.92. The Bertz CT molecular complexity index is 1140. The summed E-state index contributed by atoms with van der Waals surface area (Å²) in [5.41, 5.74) is 1.69. The molecular formula is C21H19F3N4O3S. The Morgan fingerprint density at radius 2 is 1.84 bits per heavy atom. The number of thiazole rings is 1. The maximum Gasteiger partial charge on any atom is 0.573 e. The number of hydrogen-bond donors (Lipinski definition) is 1. The Morgan fingerprint density at radius 3 is 2.47 bits per heavy atom. The molecule has 0 saturated carbocycles. The van der Waals surface area contributed by atoms with E-state index in [1.54, 1.807) is 22.1 Å². The highest BCUT2D eigenvalue weighted by molar-refractivity contribution is 7.07. The summed E-state index contributed by atoms with van der Waals surface area (Å²) in [4.78, 5) is 32.2. The average molecular weight is 464 g/mol. The summed E-state index contributed by atoms with van der Waals surface area (Å²) in [6.45, 7) is 2.28. The first-order valence-corrected chi connectivity index (χ1v) is 10.4. The van der Waals surface area contributed by atoms with Crippen LogP contribution in [0.25, 0.3) is 11.3 Å². The molecule has 0 bridgehead atoms. The van der Waals surface area contributed by atoms with Crippen molar-refractivity contribution in [2.24, 2.45) is 4.99 Å². The van der Waals surface area contributed by atoms with Crippen molar-refractivity contribution in [2.45, 2.75) is 26.3 Å². The summed E-state index contributed by atoms with van der Waals surface area (Å²) in [5, 5.41) is 4.48. The quantitative estimate of drug-likeness (QED) is 0.540. The molecular weight excluding hydrogens is 445 g/mol. The van der Waals surface area contributed by atoms with Crippen LogP contribution in [-0.4, -0.2) is 34.3 Å². The molecule has 0 aliphatic rings. The van der Waals surface area contributed by atoms with Crippen molar-refractivity contribution in [1.82, 2.24) is 14.9 Å². The molecule has 0 aliphatic heterocycles. The average Bonchev–Trinajstić information content (AvgIpc) is 3.13. The molecule has 0 radical (unpaired) electrons. The minimum absolute atomic E-state index is 0.154. The van der Waals surface area contributed by atoms with Gasteiger partial charge in [-0.15, -0.1) is 24.5 Å². The summed E-state index contributed by atoms with van der Waals surface area (Å²) in [5.74, 6) is -0.921. The second-order valence-corrected chi connectivity index (χ2v) is 7.45. The Kier molecular flexibility index (Phi) is 7.41. The fourth-order valence-corrected chi connectivity index (χ4v) is 3.77. The van der Waals surface area contributed by atoms with Gasteiger partial charge in [0.25, 0.3) is 5.91 Å². The number of rotatable bonds is 7. The van der Waals surface area contributed by atoms with Crippen LogP contribution in [-0.2, 0) is 11.3 Å². The summed E-state index contributed by atoms with van der Waals surface area (Å²) < 4.78 is 43.0. The van der Waals surface area contributed by atoms with Gasteiger partial charge in [-0.3, -0.25) is 14.6 Å². The number of hydrogen-bond acceptors (Lipinski definition) is 5. The lowest BCUT2D eigenvalue weighted by molar-refractivity contribution is -0.274. The minimum Gasteiger partial charge on any atom is -0.406 e. The summed E-state index contributed by atoms with van der Waals surface area (Å²) in [6, 6.07) is 8.56. The third-order valence-corrected chi connectivity index (χ3v) is 5.10. The molecule has 0 saturated heterocycles. The van der Waals surface area contributed by atoms with Crippen LogP contribution < -0.4 is 14.9 Å². The van der Waals surface area contributed by atoms with Crippen LogP contribution >= 0.6 is 11.3 Å². The van der Waals surface area contributed by atoms with Gasteiger partial charge in [0.15, 0.2) is 4.80 Å². The van der Waals surface area contributed by atoms with Crippen LogP contribution in [0.1, 0.15) is 23.7 Å². The fourth-order valence-electron chi connectivity index (χ4n) is 2.84. The number of amides is 2. The van der Waals surface area contributed by atoms with Gasteiger partial charge in [0.2, 0.25) is 5.91 Å². The van der Waals surface area contributed by atoms with Crippen molar-refractivity contribution < 1.29 is 27.5 Å². The predicted molar refractivity (Wildman–Crippen MR) is 112 cm³/mol. The maximum atomic E-state index is 12.5. The second-order valence-electron chi connectivity index (χ2n) is 6.62. The Hall–Kier alpha value is -3.47. The highest BCUT2D eigenvalue weighted by Crippen LogP contribution is 2.27. The minimum atomic E-state index is -4.77. The monoisotopic (exact) mass is 464 g/mol. The number of alkyl halides is 3. The number of carbonyl (C=O) groups excluding carboxylic acids is 2. The van der Waals surface area contributed by atoms with Crippen molar-refractivity contribution in [1.29, 1.82) is 0 Å². The maximum absolute atomic E-state index is 12.5. The molecule has 0 spiro atoms. The fraction of sp³-hybridized carbons (Fsp3) is 0.238. The first kappa shape index (κ1) is 23.2. The molecule has 3 aromatic rings. The van der Waals surface area contributed by atoms with E-state index in [-0.39, 0.29) is 11.7 Å². The van der Waals surface area contributed by atoms with Crippen molar-refractivity contribution in [2.75, 3.05) is 6.54 Å². The summed E-state index contributed by atoms with van der Waals surface area (Å²) in [6.07, 6.45) is -1.22. The van der Waals surface area contributed by atoms with Crippen LogP contribution in [0.4, 0.5) is 13.2 Å². The lowest BCUT2D eigenvalue weighted by Gasteiger charge is -2.11. The van der Waals surface area contributed by atoms with Crippen molar-refractivity contribution >= 4 is 23.2 Å². The van der Waals surface area contributed by atoms with E-state index in [0.29, 0.717) is 41.1 Å². The van der Waals surface area contributed by atoms with Crippen LogP contribution in [0.2, 0.25) is 0 Å². The second kappa shape index (κ2) is 10.2. The number of nitrogens with one attached hydrogen (secondary N) is 1. The van der Waals surface area contributed by atoms with E-state index in [1.165, 1.54) is 54.9 Å². The molecule has 1 N–H and O–H groups in total. The number of nitrogens with zero attached hydrogens (tertiary/aromatic N) is 3. The molecule has 0 unspecified atom stereocenters. The highest BCUT2D eigenvalue weighted by atomic mass is 32.1. The summed E-state index contributed by atoms with van der Waals surface area (Å²) >= 11 is 1.23. The van der Waals surface area contributed by atoms with E-state index in [2.05, 4.69) is 20.0 Å². The van der Waals surface area contributed by atoms with E-state index in [1.807, 2.05) is 0 Å². The van der Waals surface area contributed by atoms with E-state index in [9.17, 15) is 22.8 Å². The van der Waals surface area contributed by atoms with Crippen LogP contribution in [0.5, 0.6) is 5.75 Å². The topological polar surface area (TPSA) is 85.6 Å². The first-order valence-electron chi connectivity index (χ1n) is 9.51. The number of carbonyl (C=O) groups is 2. The van der Waals surface area contributed by atoms with E-state index in [0.717, 1.165) is 0 Å². The molecule has 0 atom stereocenters. The molecule has 2 aromatic heterocycles. The standard InChI is InChI=1S/C21H19F3N4O3S/c1-14(29)26-9-2-12-28-18(15-3-5-17(6-4-15)31-21(22,23)24)13-32-20(28)27-19(30)16-7-10-25-11-8-16/h3-8,10-11,13H,2,9,12H2,1H3,(H,26,29)/b27-20-. The third kappa shape index (κ3) is 6.51. The highest BCUT2D eigenvalue weighted by Gasteiger charge is 2.31. The van der Waals surface area contributed by atoms with Gasteiger partial charge < -0.3 is 14.6 Å². The van der Waals surface area contributed by atoms with Gasteiger partial charge in [0.1, 0.15) is 5.75 Å². The lowest BCUT2D eigenvalue weighted by atomic mass is 10.1. The van der Waals surface area contributed by atoms with Gasteiger partial charge in [0, 0.05) is 43.4 Å².